The van der Waals surface area contributed by atoms with Crippen LogP contribution in [0.1, 0.15) is 24.9 Å². The molecule has 0 saturated carbocycles. The van der Waals surface area contributed by atoms with Crippen LogP contribution in [0.25, 0.3) is 0 Å². The molecule has 0 aliphatic carbocycles. The fourth-order valence-corrected chi connectivity index (χ4v) is 1.53. The van der Waals surface area contributed by atoms with E-state index in [1.807, 2.05) is 0 Å². The summed E-state index contributed by atoms with van der Waals surface area (Å²) < 4.78 is 2.10. The van der Waals surface area contributed by atoms with Gasteiger partial charge in [0.25, 0.3) is 0 Å². The number of Topliss-reactive ketones (excluding diaryl/α,β-unsaturated/α-hetero) is 1. The van der Waals surface area contributed by atoms with Crippen molar-refractivity contribution in [1.29, 1.82) is 0 Å². The molecule has 0 atom stereocenters. The predicted molar refractivity (Wildman–Crippen MR) is 44.9 cm³/mol. The Morgan fingerprint density at radius 1 is 1.67 bits per heavy atom. The van der Waals surface area contributed by atoms with Gasteiger partial charge in [0, 0.05) is 19.2 Å². The molecule has 0 unspecified atom stereocenters. The normalized spacial score (nSPS) is 16.2. The largest absolute Gasteiger partial charge is 0.334 e. The summed E-state index contributed by atoms with van der Waals surface area (Å²) in [5.74, 6) is 1.26. The van der Waals surface area contributed by atoms with E-state index in [1.54, 1.807) is 0 Å². The van der Waals surface area contributed by atoms with Crippen molar-refractivity contribution in [2.75, 3.05) is 0 Å². The monoisotopic (exact) mass is 164 g/mol. The number of hydrogen-bond acceptors (Lipinski definition) is 2. The van der Waals surface area contributed by atoms with E-state index in [-0.39, 0.29) is 0 Å². The van der Waals surface area contributed by atoms with Crippen molar-refractivity contribution in [3.05, 3.63) is 17.7 Å². The van der Waals surface area contributed by atoms with Crippen molar-refractivity contribution in [2.45, 2.75) is 32.7 Å². The van der Waals surface area contributed by atoms with Crippen molar-refractivity contribution in [3.63, 3.8) is 0 Å². The van der Waals surface area contributed by atoms with Crippen molar-refractivity contribution in [1.82, 2.24) is 9.55 Å². The lowest BCUT2D eigenvalue weighted by molar-refractivity contribution is -0.119. The summed E-state index contributed by atoms with van der Waals surface area (Å²) in [6.45, 7) is 2.90. The van der Waals surface area contributed by atoms with Gasteiger partial charge in [0.1, 0.15) is 11.6 Å². The fraction of sp³-hybridized carbons (Fsp3) is 0.556. The van der Waals surface area contributed by atoms with E-state index in [9.17, 15) is 4.79 Å². The molecule has 3 heteroatoms. The van der Waals surface area contributed by atoms with E-state index in [0.29, 0.717) is 18.6 Å². The highest BCUT2D eigenvalue weighted by Crippen LogP contribution is 2.12. The average Bonchev–Trinajstić information content (AvgIpc) is 2.46. The van der Waals surface area contributed by atoms with Gasteiger partial charge in [-0.3, -0.25) is 4.79 Å². The van der Waals surface area contributed by atoms with E-state index in [4.69, 9.17) is 0 Å². The first kappa shape index (κ1) is 7.53. The summed E-state index contributed by atoms with van der Waals surface area (Å²) in [6.07, 6.45) is 4.21. The molecular formula is C9H12N2O. The first-order chi connectivity index (χ1) is 5.79. The summed E-state index contributed by atoms with van der Waals surface area (Å²) in [5.41, 5.74) is 1.10. The van der Waals surface area contributed by atoms with Crippen molar-refractivity contribution >= 4 is 5.78 Å². The highest BCUT2D eigenvalue weighted by atomic mass is 16.1. The van der Waals surface area contributed by atoms with E-state index < -0.39 is 0 Å². The van der Waals surface area contributed by atoms with Gasteiger partial charge in [-0.2, -0.15) is 0 Å². The van der Waals surface area contributed by atoms with Gasteiger partial charge in [-0.25, -0.2) is 4.98 Å². The Bertz CT molecular complexity index is 314. The Morgan fingerprint density at radius 2 is 2.50 bits per heavy atom. The number of fused-ring (bicyclic) bond motifs is 1. The standard InChI is InChI=1S/C9H12N2O/c1-2-7-6-11-4-3-8(12)5-9(11)10-7/h6H,2-5H2,1H3. The lowest BCUT2D eigenvalue weighted by Crippen LogP contribution is -2.18. The molecule has 0 bridgehead atoms. The summed E-state index contributed by atoms with van der Waals surface area (Å²) in [5, 5.41) is 0. The molecule has 0 N–H and O–H groups in total. The molecule has 64 valence electrons. The lowest BCUT2D eigenvalue weighted by Gasteiger charge is -2.11. The summed E-state index contributed by atoms with van der Waals surface area (Å²) >= 11 is 0. The minimum Gasteiger partial charge on any atom is -0.334 e. The molecule has 1 aliphatic heterocycles. The van der Waals surface area contributed by atoms with Crippen molar-refractivity contribution in [2.24, 2.45) is 0 Å². The average molecular weight is 164 g/mol. The third-order valence-corrected chi connectivity index (χ3v) is 2.26. The zero-order valence-corrected chi connectivity index (χ0v) is 7.21. The maximum atomic E-state index is 11.1. The minimum atomic E-state index is 0.316. The molecule has 3 nitrogen and oxygen atoms in total. The Morgan fingerprint density at radius 3 is 3.25 bits per heavy atom. The van der Waals surface area contributed by atoms with Crippen LogP contribution >= 0.6 is 0 Å². The van der Waals surface area contributed by atoms with Gasteiger partial charge < -0.3 is 4.57 Å². The molecule has 2 rings (SSSR count). The molecule has 0 fully saturated rings. The summed E-state index contributed by atoms with van der Waals surface area (Å²) in [6, 6.07) is 0. The summed E-state index contributed by atoms with van der Waals surface area (Å²) in [4.78, 5) is 15.4. The lowest BCUT2D eigenvalue weighted by atomic mass is 10.1. The highest BCUT2D eigenvalue weighted by molar-refractivity contribution is 5.80. The number of ketones is 1. The molecular weight excluding hydrogens is 152 g/mol. The second-order valence-electron chi connectivity index (χ2n) is 3.16. The van der Waals surface area contributed by atoms with Crippen LogP contribution in [0.5, 0.6) is 0 Å². The SMILES string of the molecule is CCc1cn2c(n1)CC(=O)CC2. The van der Waals surface area contributed by atoms with Crippen molar-refractivity contribution in [3.8, 4) is 0 Å². The number of carbonyl (C=O) groups is 1. The number of nitrogens with zero attached hydrogens (tertiary/aromatic N) is 2. The number of imidazole rings is 1. The van der Waals surface area contributed by atoms with Crippen LogP contribution in [0, 0.1) is 0 Å². The smallest absolute Gasteiger partial charge is 0.142 e. The van der Waals surface area contributed by atoms with Crippen molar-refractivity contribution < 1.29 is 4.79 Å². The molecule has 1 aliphatic rings. The zero-order valence-electron chi connectivity index (χ0n) is 7.21. The van der Waals surface area contributed by atoms with E-state index in [0.717, 1.165) is 24.5 Å². The highest BCUT2D eigenvalue weighted by Gasteiger charge is 2.16. The number of hydrogen-bond donors (Lipinski definition) is 0. The van der Waals surface area contributed by atoms with Crippen LogP contribution in [0.2, 0.25) is 0 Å². The Labute approximate surface area is 71.4 Å². The van der Waals surface area contributed by atoms with Gasteiger partial charge in [-0.1, -0.05) is 6.92 Å². The van der Waals surface area contributed by atoms with Gasteiger partial charge in [0.2, 0.25) is 0 Å². The predicted octanol–water partition coefficient (Wildman–Crippen LogP) is 0.961. The van der Waals surface area contributed by atoms with Crippen LogP contribution in [0.15, 0.2) is 6.20 Å². The van der Waals surface area contributed by atoms with Crippen LogP contribution in [-0.4, -0.2) is 15.3 Å². The molecule has 1 aromatic rings. The number of aryl methyl sites for hydroxylation is 2. The van der Waals surface area contributed by atoms with Gasteiger partial charge in [-0.15, -0.1) is 0 Å². The van der Waals surface area contributed by atoms with Crippen LogP contribution in [-0.2, 0) is 24.2 Å². The third kappa shape index (κ3) is 1.15. The Kier molecular flexibility index (Phi) is 1.71. The van der Waals surface area contributed by atoms with Crippen LogP contribution in [0.4, 0.5) is 0 Å². The van der Waals surface area contributed by atoms with Crippen LogP contribution in [0.3, 0.4) is 0 Å². The maximum absolute atomic E-state index is 11.1. The quantitative estimate of drug-likeness (QED) is 0.619. The second-order valence-corrected chi connectivity index (χ2v) is 3.16. The number of rotatable bonds is 1. The molecule has 1 aromatic heterocycles. The number of aromatic nitrogens is 2. The van der Waals surface area contributed by atoms with E-state index in [2.05, 4.69) is 22.7 Å². The zero-order chi connectivity index (χ0) is 8.55. The number of carbonyl (C=O) groups excluding carboxylic acids is 1. The first-order valence-electron chi connectivity index (χ1n) is 4.36. The molecule has 0 aromatic carbocycles. The van der Waals surface area contributed by atoms with Crippen LogP contribution < -0.4 is 0 Å². The molecule has 12 heavy (non-hydrogen) atoms. The third-order valence-electron chi connectivity index (χ3n) is 2.26. The second kappa shape index (κ2) is 2.73. The maximum Gasteiger partial charge on any atom is 0.142 e. The topological polar surface area (TPSA) is 34.9 Å². The molecule has 2 heterocycles. The van der Waals surface area contributed by atoms with Gasteiger partial charge in [0.15, 0.2) is 0 Å². The van der Waals surface area contributed by atoms with E-state index >= 15 is 0 Å². The van der Waals surface area contributed by atoms with Gasteiger partial charge in [0.05, 0.1) is 12.1 Å². The van der Waals surface area contributed by atoms with Gasteiger partial charge in [-0.05, 0) is 6.42 Å². The Balaban J connectivity index is 2.34. The fourth-order valence-electron chi connectivity index (χ4n) is 1.53. The summed E-state index contributed by atoms with van der Waals surface area (Å²) in [7, 11) is 0. The molecule has 0 radical (unpaired) electrons. The molecule has 0 spiro atoms. The first-order valence-corrected chi connectivity index (χ1v) is 4.36. The Hall–Kier alpha value is -1.12. The molecule has 0 amide bonds. The van der Waals surface area contributed by atoms with Gasteiger partial charge >= 0.3 is 0 Å². The minimum absolute atomic E-state index is 0.316. The van der Waals surface area contributed by atoms with E-state index in [1.165, 1.54) is 0 Å². The molecule has 0 saturated heterocycles.